The van der Waals surface area contributed by atoms with Crippen molar-refractivity contribution in [3.63, 3.8) is 0 Å². The van der Waals surface area contributed by atoms with Gasteiger partial charge in [0, 0.05) is 0 Å². The molecule has 0 spiro atoms. The molecule has 3 aromatic rings. The Hall–Kier alpha value is -4.29. The van der Waals surface area contributed by atoms with Crippen molar-refractivity contribution in [1.29, 1.82) is 0 Å². The fourth-order valence-corrected chi connectivity index (χ4v) is 13.2. The molecule has 0 saturated carbocycles. The molecule has 6 rings (SSSR count). The number of phenols is 1. The first-order chi connectivity index (χ1) is 24.9. The minimum Gasteiger partial charge on any atom is -0.508 e. The predicted molar refractivity (Wildman–Crippen MR) is 203 cm³/mol. The third-order valence-corrected chi connectivity index (χ3v) is 16.0. The van der Waals surface area contributed by atoms with E-state index in [1.54, 1.807) is 18.2 Å². The highest BCUT2D eigenvalue weighted by Crippen LogP contribution is 2.51. The van der Waals surface area contributed by atoms with Crippen LogP contribution in [0.5, 0.6) is 5.75 Å². The van der Waals surface area contributed by atoms with Crippen LogP contribution in [0.2, 0.25) is 11.4 Å². The monoisotopic (exact) mass is 721 g/mol. The van der Waals surface area contributed by atoms with Crippen molar-refractivity contribution in [2.24, 2.45) is 17.8 Å². The van der Waals surface area contributed by atoms with Crippen molar-refractivity contribution in [2.75, 3.05) is 13.7 Å². The number of hydrogen-bond acceptors (Lipinski definition) is 8. The van der Waals surface area contributed by atoms with Gasteiger partial charge < -0.3 is 23.9 Å². The van der Waals surface area contributed by atoms with Gasteiger partial charge in [-0.2, -0.15) is 4.90 Å². The predicted octanol–water partition coefficient (Wildman–Crippen LogP) is 6.11. The van der Waals surface area contributed by atoms with E-state index in [2.05, 4.69) is 58.0 Å². The quantitative estimate of drug-likeness (QED) is 0.146. The highest BCUT2D eigenvalue weighted by Gasteiger charge is 2.59. The summed E-state index contributed by atoms with van der Waals surface area (Å²) >= 11 is 0. The molecule has 2 aliphatic heterocycles. The van der Waals surface area contributed by atoms with Gasteiger partial charge in [0.15, 0.2) is 0 Å². The Morgan fingerprint density at radius 3 is 2.21 bits per heavy atom. The Kier molecular flexibility index (Phi) is 11.1. The van der Waals surface area contributed by atoms with Crippen LogP contribution in [-0.4, -0.2) is 68.2 Å². The molecule has 0 unspecified atom stereocenters. The molecule has 0 bridgehead atoms. The molecule has 9 nitrogen and oxygen atoms in total. The third kappa shape index (κ3) is 7.07. The summed E-state index contributed by atoms with van der Waals surface area (Å²) in [4.78, 5) is 41.1. The number of nitrogens with zero attached hydrogens (tertiary/aromatic N) is 1. The largest absolute Gasteiger partial charge is 0.508 e. The molecular weight excluding hydrogens is 673 g/mol. The summed E-state index contributed by atoms with van der Waals surface area (Å²) in [5, 5.41) is 23.1. The number of allylic oxidation sites excluding steroid dienone is 1. The molecule has 11 heteroatoms. The molecule has 272 valence electrons. The lowest BCUT2D eigenvalue weighted by molar-refractivity contribution is -0.137. The van der Waals surface area contributed by atoms with Gasteiger partial charge in [-0.25, -0.2) is 4.79 Å². The molecule has 0 aromatic heterocycles. The number of amides is 3. The molecule has 3 amide bonds. The second-order valence-electron chi connectivity index (χ2n) is 15.0. The van der Waals surface area contributed by atoms with Crippen LogP contribution in [0.3, 0.4) is 0 Å². The van der Waals surface area contributed by atoms with Crippen LogP contribution in [-0.2, 0) is 23.4 Å². The van der Waals surface area contributed by atoms with E-state index < -0.39 is 57.2 Å². The van der Waals surface area contributed by atoms with Gasteiger partial charge in [-0.3, -0.25) is 9.59 Å². The number of fused-ring (bicyclic) bond motifs is 3. The fraction of sp³-hybridized carbons (Fsp3) is 0.390. The van der Waals surface area contributed by atoms with Crippen LogP contribution in [0.1, 0.15) is 58.9 Å². The van der Waals surface area contributed by atoms with Gasteiger partial charge in [-0.15, -0.1) is 0 Å². The third-order valence-electron chi connectivity index (χ3n) is 11.0. The smallest absolute Gasteiger partial charge is 0.455 e. The van der Waals surface area contributed by atoms with E-state index in [-0.39, 0.29) is 30.1 Å². The van der Waals surface area contributed by atoms with Gasteiger partial charge in [-0.1, -0.05) is 112 Å². The minimum absolute atomic E-state index is 0.115. The van der Waals surface area contributed by atoms with Crippen molar-refractivity contribution in [3.8, 4) is 5.75 Å². The van der Waals surface area contributed by atoms with Crippen molar-refractivity contribution in [2.45, 2.75) is 70.8 Å². The van der Waals surface area contributed by atoms with E-state index in [4.69, 9.17) is 13.8 Å². The number of imide groups is 3. The average Bonchev–Trinajstić information content (AvgIpc) is 3.38. The molecule has 52 heavy (non-hydrogen) atoms. The maximum absolute atomic E-state index is 13.9. The standard InChI is InChI=1S/C41H48BNO8Si/c1-6-27(22-28-14-13-15-30(44)23-28)20-21-35-36-29(24-33-37(34(36)25-42(48)51-35)39(46)43(38(33)45)40(47)49-5)26-50-52(41(2,3)4,31-16-9-7-10-17-31)32-18-11-8-12-19-32/h7-19,22-23,33-35,37,44,48H,6,20-21,24-26H2,1-5H3/b27-22+/t33-,34+,35-,37-/m1/s1. The summed E-state index contributed by atoms with van der Waals surface area (Å²) in [5.41, 5.74) is 3.77. The first kappa shape index (κ1) is 37.5. The molecule has 3 aliphatic rings. The highest BCUT2D eigenvalue weighted by atomic mass is 28.4. The maximum atomic E-state index is 13.9. The second-order valence-corrected chi connectivity index (χ2v) is 19.3. The van der Waals surface area contributed by atoms with E-state index in [0.717, 1.165) is 46.2 Å². The molecule has 4 atom stereocenters. The second kappa shape index (κ2) is 15.4. The first-order valence-electron chi connectivity index (χ1n) is 18.1. The van der Waals surface area contributed by atoms with E-state index in [1.807, 2.05) is 42.5 Å². The zero-order valence-corrected chi connectivity index (χ0v) is 31.6. The van der Waals surface area contributed by atoms with E-state index in [1.165, 1.54) is 0 Å². The number of ether oxygens (including phenoxy) is 1. The lowest BCUT2D eigenvalue weighted by Crippen LogP contribution is -2.66. The van der Waals surface area contributed by atoms with Crippen molar-refractivity contribution < 1.29 is 38.3 Å². The molecule has 2 saturated heterocycles. The number of carbonyl (C=O) groups is 3. The zero-order chi connectivity index (χ0) is 37.2. The van der Waals surface area contributed by atoms with Crippen LogP contribution < -0.4 is 10.4 Å². The van der Waals surface area contributed by atoms with Crippen LogP contribution in [0, 0.1) is 17.8 Å². The SMILES string of the molecule is CC/C(=C\c1cccc(O)c1)CC[C@H]1OB(O)C[C@H]2C1=C(CO[Si](c1ccccc1)(c1ccccc1)C(C)(C)C)C[C@H]1C(=O)N(C(=O)OC)C(=O)[C@H]12. The molecule has 2 N–H and O–H groups in total. The van der Waals surface area contributed by atoms with Crippen LogP contribution in [0.25, 0.3) is 6.08 Å². The van der Waals surface area contributed by atoms with Crippen LogP contribution in [0.15, 0.2) is 102 Å². The van der Waals surface area contributed by atoms with Crippen LogP contribution in [0.4, 0.5) is 4.79 Å². The summed E-state index contributed by atoms with van der Waals surface area (Å²) < 4.78 is 18.6. The zero-order valence-electron chi connectivity index (χ0n) is 30.6. The fourth-order valence-electron chi connectivity index (χ4n) is 8.64. The lowest BCUT2D eigenvalue weighted by Gasteiger charge is -2.46. The molecule has 1 aliphatic carbocycles. The Bertz CT molecular complexity index is 1820. The number of carbonyl (C=O) groups excluding carboxylic acids is 3. The number of benzene rings is 3. The summed E-state index contributed by atoms with van der Waals surface area (Å²) in [6.07, 6.45) is 2.77. The summed E-state index contributed by atoms with van der Waals surface area (Å²) in [6.45, 7) is 8.89. The Morgan fingerprint density at radius 1 is 0.981 bits per heavy atom. The molecule has 2 fully saturated rings. The Morgan fingerprint density at radius 2 is 1.63 bits per heavy atom. The van der Waals surface area contributed by atoms with Crippen LogP contribution >= 0.6 is 0 Å². The van der Waals surface area contributed by atoms with E-state index in [9.17, 15) is 24.5 Å². The van der Waals surface area contributed by atoms with Gasteiger partial charge in [-0.05, 0) is 82.2 Å². The first-order valence-corrected chi connectivity index (χ1v) is 20.0. The van der Waals surface area contributed by atoms with Gasteiger partial charge in [0.25, 0.3) is 8.32 Å². The van der Waals surface area contributed by atoms with Gasteiger partial charge in [0.05, 0.1) is 31.7 Å². The lowest BCUT2D eigenvalue weighted by atomic mass is 9.58. The normalized spacial score (nSPS) is 22.4. The van der Waals surface area contributed by atoms with Gasteiger partial charge in [0.1, 0.15) is 5.75 Å². The van der Waals surface area contributed by atoms with Crippen molar-refractivity contribution >= 4 is 49.8 Å². The molecule has 2 heterocycles. The minimum atomic E-state index is -3.01. The summed E-state index contributed by atoms with van der Waals surface area (Å²) in [5.74, 6) is -3.13. The Balaban J connectivity index is 1.44. The molecule has 0 radical (unpaired) electrons. The number of rotatable bonds is 10. The molecular formula is C41H48BNO8Si. The van der Waals surface area contributed by atoms with E-state index in [0.29, 0.717) is 17.7 Å². The number of phenolic OH excluding ortho intramolecular Hbond substituents is 1. The van der Waals surface area contributed by atoms with Gasteiger partial charge in [0.2, 0.25) is 11.8 Å². The van der Waals surface area contributed by atoms with Gasteiger partial charge >= 0.3 is 13.2 Å². The van der Waals surface area contributed by atoms with Crippen molar-refractivity contribution in [3.05, 3.63) is 107 Å². The Labute approximate surface area is 307 Å². The van der Waals surface area contributed by atoms with E-state index >= 15 is 0 Å². The average molecular weight is 722 g/mol. The number of hydrogen-bond donors (Lipinski definition) is 2. The number of aromatic hydroxyl groups is 1. The van der Waals surface area contributed by atoms with Crippen molar-refractivity contribution in [1.82, 2.24) is 4.90 Å². The number of likely N-dealkylation sites (tertiary alicyclic amines) is 1. The summed E-state index contributed by atoms with van der Waals surface area (Å²) in [7, 11) is -3.01. The maximum Gasteiger partial charge on any atom is 0.455 e. The highest BCUT2D eigenvalue weighted by molar-refractivity contribution is 6.99. The summed E-state index contributed by atoms with van der Waals surface area (Å²) in [6, 6.07) is 27.7. The molecule has 3 aromatic carbocycles. The number of methoxy groups -OCH3 is 1. The topological polar surface area (TPSA) is 123 Å².